The highest BCUT2D eigenvalue weighted by Gasteiger charge is 2.45. The smallest absolute Gasteiger partial charge is 0.343 e. The van der Waals surface area contributed by atoms with Crippen LogP contribution in [0.2, 0.25) is 0 Å². The van der Waals surface area contributed by atoms with Gasteiger partial charge in [0.15, 0.2) is 5.60 Å². The number of fused-ring (bicyclic) bond motifs is 7. The molecule has 2 aromatic carbocycles. The molecule has 5 amide bonds. The fourth-order valence-corrected chi connectivity index (χ4v) is 7.64. The van der Waals surface area contributed by atoms with Crippen molar-refractivity contribution >= 4 is 62.9 Å². The van der Waals surface area contributed by atoms with E-state index in [-0.39, 0.29) is 72.9 Å². The molecule has 3 aliphatic heterocycles. The number of ether oxygens (including phenoxy) is 1. The van der Waals surface area contributed by atoms with Crippen LogP contribution in [0, 0.1) is 5.92 Å². The zero-order valence-electron chi connectivity index (χ0n) is 32.1. The van der Waals surface area contributed by atoms with Gasteiger partial charge in [0.25, 0.3) is 17.4 Å². The van der Waals surface area contributed by atoms with Crippen LogP contribution in [-0.2, 0) is 52.3 Å². The van der Waals surface area contributed by atoms with Gasteiger partial charge in [0.1, 0.15) is 18.7 Å². The van der Waals surface area contributed by atoms with Gasteiger partial charge < -0.3 is 30.4 Å². The summed E-state index contributed by atoms with van der Waals surface area (Å²) in [6, 6.07) is 11.0. The van der Waals surface area contributed by atoms with E-state index in [0.717, 1.165) is 26.6 Å². The lowest BCUT2D eigenvalue weighted by molar-refractivity contribution is -0.172. The Hall–Kier alpha value is -6.22. The maximum atomic E-state index is 13.6. The lowest BCUT2D eigenvalue weighted by Gasteiger charge is -2.31. The van der Waals surface area contributed by atoms with Crippen molar-refractivity contribution in [3.63, 3.8) is 0 Å². The summed E-state index contributed by atoms with van der Waals surface area (Å²) >= 11 is 0. The molecule has 5 heterocycles. The van der Waals surface area contributed by atoms with Gasteiger partial charge >= 0.3 is 5.97 Å². The topological polar surface area (TPSA) is 206 Å². The molecule has 4 aromatic rings. The number of aliphatic hydroxyl groups is 1. The molecule has 296 valence electrons. The Kier molecular flexibility index (Phi) is 10.5. The fraction of sp³-hybridized carbons (Fsp3) is 0.381. The van der Waals surface area contributed by atoms with E-state index in [1.165, 1.54) is 12.2 Å². The van der Waals surface area contributed by atoms with E-state index in [2.05, 4.69) is 16.0 Å². The first-order valence-corrected chi connectivity index (χ1v) is 19.2. The zero-order chi connectivity index (χ0) is 40.8. The second-order valence-corrected chi connectivity index (χ2v) is 15.1. The number of hydrogen-bond donors (Lipinski definition) is 4. The molecule has 4 N–H and O–H groups in total. The quantitative estimate of drug-likeness (QED) is 0.0594. The first-order chi connectivity index (χ1) is 27.2. The Balaban J connectivity index is 1.01. The number of cyclic esters (lactones) is 1. The minimum atomic E-state index is -1.92. The minimum Gasteiger partial charge on any atom is -0.458 e. The average molecular weight is 777 g/mol. The van der Waals surface area contributed by atoms with Crippen LogP contribution in [0.15, 0.2) is 59.4 Å². The number of esters is 1. The molecule has 7 rings (SSSR count). The third-order valence-electron chi connectivity index (χ3n) is 11.0. The molecule has 57 heavy (non-hydrogen) atoms. The number of imide groups is 1. The first kappa shape index (κ1) is 39.0. The maximum absolute atomic E-state index is 13.6. The minimum absolute atomic E-state index is 0.0454. The molecule has 3 aliphatic rings. The summed E-state index contributed by atoms with van der Waals surface area (Å²) in [4.78, 5) is 95.0. The lowest BCUT2D eigenvalue weighted by Crippen LogP contribution is -2.53. The van der Waals surface area contributed by atoms with Crippen LogP contribution in [0.1, 0.15) is 76.5 Å². The number of carbonyl (C=O) groups is 6. The Labute approximate surface area is 327 Å². The highest BCUT2D eigenvalue weighted by Crippen LogP contribution is 2.39. The summed E-state index contributed by atoms with van der Waals surface area (Å²) in [7, 11) is 0. The number of aromatic nitrogens is 2. The number of nitrogens with one attached hydrogen (secondary N) is 3. The summed E-state index contributed by atoms with van der Waals surface area (Å²) < 4.78 is 6.76. The van der Waals surface area contributed by atoms with Crippen LogP contribution in [0.25, 0.3) is 33.1 Å². The van der Waals surface area contributed by atoms with Gasteiger partial charge in [-0.1, -0.05) is 39.3 Å². The molecule has 0 bridgehead atoms. The van der Waals surface area contributed by atoms with E-state index < -0.39 is 35.5 Å². The molecule has 0 radical (unpaired) electrons. The molecule has 0 fully saturated rings. The Morgan fingerprint density at radius 3 is 2.37 bits per heavy atom. The largest absolute Gasteiger partial charge is 0.458 e. The molecular weight excluding hydrogens is 732 g/mol. The van der Waals surface area contributed by atoms with Crippen LogP contribution in [0.3, 0.4) is 0 Å². The van der Waals surface area contributed by atoms with Crippen molar-refractivity contribution in [2.75, 3.05) is 11.9 Å². The molecule has 0 saturated carbocycles. The summed E-state index contributed by atoms with van der Waals surface area (Å²) in [5, 5.41) is 22.1. The molecular formula is C42H44N6O9. The van der Waals surface area contributed by atoms with Crippen molar-refractivity contribution < 1.29 is 38.6 Å². The summed E-state index contributed by atoms with van der Waals surface area (Å²) in [5.74, 6) is -3.00. The summed E-state index contributed by atoms with van der Waals surface area (Å²) in [5.41, 5.74) is 1.22. The maximum Gasteiger partial charge on any atom is 0.343 e. The van der Waals surface area contributed by atoms with Crippen molar-refractivity contribution in [2.45, 2.75) is 90.6 Å². The second-order valence-electron chi connectivity index (χ2n) is 15.1. The molecule has 3 atom stereocenters. The van der Waals surface area contributed by atoms with Crippen LogP contribution in [0.5, 0.6) is 0 Å². The lowest BCUT2D eigenvalue weighted by atomic mass is 9.86. The van der Waals surface area contributed by atoms with Gasteiger partial charge in [-0.05, 0) is 73.2 Å². The SMILES string of the molecule is CC[C@@]1(O)C(=O)OCc2c1cc1n(c2=O)Cc2cc3c(ccc4ccc(NC(=O)[C@H](C)NC(=O)[C@@H](NC(=O)CCCCCN5C(=O)C=CC5=O)C(C)C)cc43)nc2-1. The molecule has 15 nitrogen and oxygen atoms in total. The normalized spacial score (nSPS) is 18.0. The van der Waals surface area contributed by atoms with E-state index in [1.807, 2.05) is 30.3 Å². The van der Waals surface area contributed by atoms with Crippen LogP contribution >= 0.6 is 0 Å². The van der Waals surface area contributed by atoms with Crippen molar-refractivity contribution in [3.8, 4) is 11.4 Å². The molecule has 15 heteroatoms. The van der Waals surface area contributed by atoms with Crippen LogP contribution in [0.4, 0.5) is 5.69 Å². The number of benzene rings is 2. The number of unbranched alkanes of at least 4 members (excludes halogenated alkanes) is 2. The van der Waals surface area contributed by atoms with Gasteiger partial charge in [-0.15, -0.1) is 0 Å². The third-order valence-corrected chi connectivity index (χ3v) is 11.0. The molecule has 0 unspecified atom stereocenters. The van der Waals surface area contributed by atoms with Crippen molar-refractivity contribution in [3.05, 3.63) is 81.7 Å². The third kappa shape index (κ3) is 7.30. The van der Waals surface area contributed by atoms with Crippen molar-refractivity contribution in [2.24, 2.45) is 5.92 Å². The number of hydrogen-bond acceptors (Lipinski definition) is 10. The molecule has 0 aliphatic carbocycles. The predicted octanol–water partition coefficient (Wildman–Crippen LogP) is 3.30. The van der Waals surface area contributed by atoms with Gasteiger partial charge in [-0.25, -0.2) is 9.78 Å². The molecule has 2 aromatic heterocycles. The average Bonchev–Trinajstić information content (AvgIpc) is 3.71. The van der Waals surface area contributed by atoms with Crippen LogP contribution < -0.4 is 21.5 Å². The number of anilines is 1. The van der Waals surface area contributed by atoms with Gasteiger partial charge in [-0.3, -0.25) is 33.7 Å². The first-order valence-electron chi connectivity index (χ1n) is 19.2. The zero-order valence-corrected chi connectivity index (χ0v) is 32.1. The predicted molar refractivity (Wildman–Crippen MR) is 209 cm³/mol. The number of amides is 5. The van der Waals surface area contributed by atoms with Crippen LogP contribution in [-0.4, -0.2) is 73.7 Å². The van der Waals surface area contributed by atoms with Crippen molar-refractivity contribution in [1.82, 2.24) is 25.1 Å². The van der Waals surface area contributed by atoms with E-state index in [0.29, 0.717) is 41.9 Å². The number of carbonyl (C=O) groups excluding carboxylic acids is 6. The van der Waals surface area contributed by atoms with Gasteiger partial charge in [0, 0.05) is 47.3 Å². The summed E-state index contributed by atoms with van der Waals surface area (Å²) in [6.45, 7) is 7.12. The standard InChI is InChI=1S/C42H44N6O9/c1-5-42(56)30-19-32-37-25(20-48(32)40(54)29(30)21-57-41(42)55)17-28-27-18-26(12-10-24(27)11-13-31(28)45-37)44-38(52)23(4)43-39(53)36(22(2)3)46-33(49)9-7-6-8-16-47-34(50)14-15-35(47)51/h10-15,17-19,22-23,36,56H,5-9,16,20-21H2,1-4H3,(H,43,53)(H,44,52)(H,46,49)/t23-,36-,42-/m0/s1. The van der Waals surface area contributed by atoms with Crippen molar-refractivity contribution in [1.29, 1.82) is 0 Å². The highest BCUT2D eigenvalue weighted by atomic mass is 16.6. The monoisotopic (exact) mass is 776 g/mol. The second kappa shape index (κ2) is 15.4. The van der Waals surface area contributed by atoms with Gasteiger partial charge in [0.2, 0.25) is 17.7 Å². The highest BCUT2D eigenvalue weighted by molar-refractivity contribution is 6.13. The Morgan fingerprint density at radius 2 is 1.65 bits per heavy atom. The summed E-state index contributed by atoms with van der Waals surface area (Å²) in [6.07, 6.45) is 4.37. The molecule has 0 spiro atoms. The van der Waals surface area contributed by atoms with E-state index >= 15 is 0 Å². The van der Waals surface area contributed by atoms with E-state index in [1.54, 1.807) is 44.4 Å². The number of pyridine rings is 2. The fourth-order valence-electron chi connectivity index (χ4n) is 7.64. The van der Waals surface area contributed by atoms with E-state index in [4.69, 9.17) is 9.72 Å². The molecule has 0 saturated heterocycles. The number of nitrogens with zero attached hydrogens (tertiary/aromatic N) is 3. The van der Waals surface area contributed by atoms with E-state index in [9.17, 15) is 38.7 Å². The van der Waals surface area contributed by atoms with Gasteiger partial charge in [-0.2, -0.15) is 0 Å². The van der Waals surface area contributed by atoms with Gasteiger partial charge in [0.05, 0.1) is 29.0 Å². The Morgan fingerprint density at radius 1 is 0.912 bits per heavy atom. The Bertz CT molecular complexity index is 2450. The number of rotatable bonds is 13.